The fourth-order valence-electron chi connectivity index (χ4n) is 2.89. The molecule has 0 aromatic carbocycles. The molecule has 1 aliphatic rings. The Hall–Kier alpha value is -0.0800. The molecule has 0 spiro atoms. The predicted octanol–water partition coefficient (Wildman–Crippen LogP) is 2.74. The molecule has 0 aliphatic heterocycles. The lowest BCUT2D eigenvalue weighted by Crippen LogP contribution is -2.38. The van der Waals surface area contributed by atoms with Gasteiger partial charge in [0.25, 0.3) is 0 Å². The Morgan fingerprint density at radius 2 is 2.06 bits per heavy atom. The molecular formula is C14H30N2. The third kappa shape index (κ3) is 4.42. The molecule has 0 saturated heterocycles. The quantitative estimate of drug-likeness (QED) is 0.701. The summed E-state index contributed by atoms with van der Waals surface area (Å²) in [5, 5.41) is 3.23. The Morgan fingerprint density at radius 1 is 1.31 bits per heavy atom. The van der Waals surface area contributed by atoms with Crippen LogP contribution in [0, 0.1) is 11.8 Å². The van der Waals surface area contributed by atoms with Crippen LogP contribution in [-0.4, -0.2) is 38.1 Å². The lowest BCUT2D eigenvalue weighted by Gasteiger charge is -2.37. The minimum atomic E-state index is 0.845. The Labute approximate surface area is 102 Å². The summed E-state index contributed by atoms with van der Waals surface area (Å²) < 4.78 is 0. The van der Waals surface area contributed by atoms with Crippen LogP contribution in [0.4, 0.5) is 0 Å². The zero-order valence-corrected chi connectivity index (χ0v) is 11.6. The molecule has 0 bridgehead atoms. The molecule has 0 aromatic heterocycles. The lowest BCUT2D eigenvalue weighted by atomic mass is 9.79. The number of hydrogen-bond donors (Lipinski definition) is 1. The molecule has 2 heteroatoms. The third-order valence-corrected chi connectivity index (χ3v) is 4.19. The fraction of sp³-hybridized carbons (Fsp3) is 1.00. The van der Waals surface area contributed by atoms with Gasteiger partial charge in [0.1, 0.15) is 0 Å². The molecule has 1 rings (SSSR count). The van der Waals surface area contributed by atoms with E-state index in [0.29, 0.717) is 0 Å². The Bertz CT molecular complexity index is 180. The fourth-order valence-corrected chi connectivity index (χ4v) is 2.89. The largest absolute Gasteiger partial charge is 0.320 e. The minimum absolute atomic E-state index is 0.845. The van der Waals surface area contributed by atoms with Crippen LogP contribution < -0.4 is 5.32 Å². The molecule has 0 aromatic rings. The molecule has 1 saturated carbocycles. The van der Waals surface area contributed by atoms with Crippen LogP contribution in [0.25, 0.3) is 0 Å². The first-order valence-electron chi connectivity index (χ1n) is 7.00. The van der Waals surface area contributed by atoms with Gasteiger partial charge in [0, 0.05) is 6.04 Å². The zero-order valence-electron chi connectivity index (χ0n) is 11.6. The molecule has 0 radical (unpaired) electrons. The molecule has 0 amide bonds. The van der Waals surface area contributed by atoms with Crippen molar-refractivity contribution in [3.63, 3.8) is 0 Å². The highest BCUT2D eigenvalue weighted by Crippen LogP contribution is 2.31. The number of rotatable bonds is 6. The van der Waals surface area contributed by atoms with Gasteiger partial charge in [-0.2, -0.15) is 0 Å². The normalized spacial score (nSPS) is 26.6. The summed E-state index contributed by atoms with van der Waals surface area (Å²) in [6.45, 7) is 7.16. The van der Waals surface area contributed by atoms with Crippen LogP contribution in [0.2, 0.25) is 0 Å². The predicted molar refractivity (Wildman–Crippen MR) is 71.8 cm³/mol. The van der Waals surface area contributed by atoms with Gasteiger partial charge >= 0.3 is 0 Å². The summed E-state index contributed by atoms with van der Waals surface area (Å²) in [6.07, 6.45) is 7.01. The van der Waals surface area contributed by atoms with Gasteiger partial charge in [-0.05, 0) is 58.3 Å². The van der Waals surface area contributed by atoms with E-state index < -0.39 is 0 Å². The van der Waals surface area contributed by atoms with Gasteiger partial charge in [0.05, 0.1) is 0 Å². The van der Waals surface area contributed by atoms with Crippen molar-refractivity contribution in [2.45, 2.75) is 52.0 Å². The summed E-state index contributed by atoms with van der Waals surface area (Å²) in [4.78, 5) is 2.59. The van der Waals surface area contributed by atoms with Crippen molar-refractivity contribution in [2.75, 3.05) is 27.2 Å². The Kier molecular flexibility index (Phi) is 6.37. The first-order valence-corrected chi connectivity index (χ1v) is 7.00. The van der Waals surface area contributed by atoms with E-state index in [9.17, 15) is 0 Å². The summed E-state index contributed by atoms with van der Waals surface area (Å²) >= 11 is 0. The molecule has 0 heterocycles. The maximum Gasteiger partial charge on any atom is 0.00949 e. The highest BCUT2D eigenvalue weighted by Gasteiger charge is 2.26. The van der Waals surface area contributed by atoms with Gasteiger partial charge in [-0.3, -0.25) is 0 Å². The smallest absolute Gasteiger partial charge is 0.00949 e. The second kappa shape index (κ2) is 7.29. The van der Waals surface area contributed by atoms with E-state index in [-0.39, 0.29) is 0 Å². The van der Waals surface area contributed by atoms with E-state index in [4.69, 9.17) is 0 Å². The highest BCUT2D eigenvalue weighted by atomic mass is 15.1. The van der Waals surface area contributed by atoms with E-state index in [2.05, 4.69) is 31.1 Å². The third-order valence-electron chi connectivity index (χ3n) is 4.19. The van der Waals surface area contributed by atoms with E-state index >= 15 is 0 Å². The zero-order chi connectivity index (χ0) is 12.0. The molecule has 1 aliphatic carbocycles. The van der Waals surface area contributed by atoms with Crippen LogP contribution in [0.3, 0.4) is 0 Å². The van der Waals surface area contributed by atoms with Crippen LogP contribution >= 0.6 is 0 Å². The molecule has 96 valence electrons. The van der Waals surface area contributed by atoms with Gasteiger partial charge in [-0.15, -0.1) is 0 Å². The van der Waals surface area contributed by atoms with Gasteiger partial charge in [0.15, 0.2) is 0 Å². The molecule has 1 fully saturated rings. The SMILES string of the molecule is CNCCCN(C)C1CCCC(C(C)C)C1. The summed E-state index contributed by atoms with van der Waals surface area (Å²) in [5.41, 5.74) is 0. The minimum Gasteiger partial charge on any atom is -0.320 e. The average Bonchev–Trinajstić information content (AvgIpc) is 2.29. The second-order valence-corrected chi connectivity index (χ2v) is 5.76. The van der Waals surface area contributed by atoms with Crippen LogP contribution in [0.5, 0.6) is 0 Å². The molecule has 2 unspecified atom stereocenters. The summed E-state index contributed by atoms with van der Waals surface area (Å²) in [7, 11) is 4.35. The van der Waals surface area contributed by atoms with Crippen molar-refractivity contribution in [3.05, 3.63) is 0 Å². The van der Waals surface area contributed by atoms with Crippen LogP contribution in [0.15, 0.2) is 0 Å². The summed E-state index contributed by atoms with van der Waals surface area (Å²) in [5.74, 6) is 1.83. The van der Waals surface area contributed by atoms with Gasteiger partial charge in [-0.25, -0.2) is 0 Å². The number of nitrogens with zero attached hydrogens (tertiary/aromatic N) is 1. The highest BCUT2D eigenvalue weighted by molar-refractivity contribution is 4.80. The van der Waals surface area contributed by atoms with Gasteiger partial charge < -0.3 is 10.2 Å². The van der Waals surface area contributed by atoms with E-state index in [1.54, 1.807) is 0 Å². The monoisotopic (exact) mass is 226 g/mol. The van der Waals surface area contributed by atoms with E-state index in [1.807, 2.05) is 7.05 Å². The van der Waals surface area contributed by atoms with E-state index in [1.165, 1.54) is 38.6 Å². The maximum atomic E-state index is 3.23. The Balaban J connectivity index is 2.29. The van der Waals surface area contributed by atoms with Crippen molar-refractivity contribution in [2.24, 2.45) is 11.8 Å². The number of nitrogens with one attached hydrogen (secondary N) is 1. The van der Waals surface area contributed by atoms with Crippen molar-refractivity contribution in [1.29, 1.82) is 0 Å². The summed E-state index contributed by atoms with van der Waals surface area (Å²) in [6, 6.07) is 0.845. The van der Waals surface area contributed by atoms with Crippen molar-refractivity contribution in [3.8, 4) is 0 Å². The molecule has 16 heavy (non-hydrogen) atoms. The van der Waals surface area contributed by atoms with E-state index in [0.717, 1.165) is 24.4 Å². The van der Waals surface area contributed by atoms with Crippen LogP contribution in [-0.2, 0) is 0 Å². The lowest BCUT2D eigenvalue weighted by molar-refractivity contribution is 0.136. The van der Waals surface area contributed by atoms with Crippen molar-refractivity contribution < 1.29 is 0 Å². The Morgan fingerprint density at radius 3 is 2.69 bits per heavy atom. The molecular weight excluding hydrogens is 196 g/mol. The average molecular weight is 226 g/mol. The second-order valence-electron chi connectivity index (χ2n) is 5.76. The topological polar surface area (TPSA) is 15.3 Å². The van der Waals surface area contributed by atoms with Crippen molar-refractivity contribution >= 4 is 0 Å². The van der Waals surface area contributed by atoms with Crippen molar-refractivity contribution in [1.82, 2.24) is 10.2 Å². The number of hydrogen-bond acceptors (Lipinski definition) is 2. The standard InChI is InChI=1S/C14H30N2/c1-12(2)13-7-5-8-14(11-13)16(4)10-6-9-15-3/h12-15H,5-11H2,1-4H3. The molecule has 2 nitrogen and oxygen atoms in total. The van der Waals surface area contributed by atoms with Gasteiger partial charge in [-0.1, -0.05) is 26.7 Å². The maximum absolute atomic E-state index is 3.23. The van der Waals surface area contributed by atoms with Crippen LogP contribution in [0.1, 0.15) is 46.0 Å². The molecule has 2 atom stereocenters. The first-order chi connectivity index (χ1) is 7.65. The first kappa shape index (κ1) is 14.0. The molecule has 1 N–H and O–H groups in total. The van der Waals surface area contributed by atoms with Gasteiger partial charge in [0.2, 0.25) is 0 Å².